The highest BCUT2D eigenvalue weighted by atomic mass is 14.8. The molecule has 40 heavy (non-hydrogen) atoms. The first-order chi connectivity index (χ1) is 19.6. The molecule has 0 spiro atoms. The van der Waals surface area contributed by atoms with Crippen LogP contribution in [-0.2, 0) is 19.3 Å². The first kappa shape index (κ1) is 28.1. The number of allylic oxidation sites excluding steroid dienone is 1. The summed E-state index contributed by atoms with van der Waals surface area (Å²) < 4.78 is 0. The van der Waals surface area contributed by atoms with Gasteiger partial charge in [0, 0.05) is 27.6 Å². The van der Waals surface area contributed by atoms with E-state index < -0.39 is 0 Å². The highest BCUT2D eigenvalue weighted by Gasteiger charge is 2.20. The Hall–Kier alpha value is -3.40. The van der Waals surface area contributed by atoms with E-state index in [0.717, 1.165) is 60.2 Å². The molecule has 0 saturated heterocycles. The van der Waals surface area contributed by atoms with Crippen molar-refractivity contribution in [3.05, 3.63) is 69.8 Å². The fraction of sp³-hybridized carbons (Fsp3) is 0.444. The maximum Gasteiger partial charge on any atom is 0.0722 e. The second-order valence-electron chi connectivity index (χ2n) is 11.4. The monoisotopic (exact) mass is 534 g/mol. The van der Waals surface area contributed by atoms with Crippen molar-refractivity contribution >= 4 is 45.9 Å². The smallest absolute Gasteiger partial charge is 0.0722 e. The molecule has 0 aromatic carbocycles. The van der Waals surface area contributed by atoms with Crippen LogP contribution in [0.25, 0.3) is 45.9 Å². The van der Waals surface area contributed by atoms with Crippen LogP contribution < -0.4 is 0 Å². The van der Waals surface area contributed by atoms with Crippen LogP contribution >= 0.6 is 0 Å². The van der Waals surface area contributed by atoms with Crippen molar-refractivity contribution < 1.29 is 0 Å². The zero-order valence-corrected chi connectivity index (χ0v) is 25.0. The molecule has 5 rings (SSSR count). The SMILES string of the molecule is CCCCC1=Cc2cc3ccc(cc4nc(cc5[nH]c(c(CCCC)c1n2)c(CCCC)c5CCCC)C=C4)[nH]3. The Morgan fingerprint density at radius 2 is 1.15 bits per heavy atom. The Morgan fingerprint density at radius 3 is 1.82 bits per heavy atom. The molecule has 5 heterocycles. The second kappa shape index (κ2) is 13.3. The summed E-state index contributed by atoms with van der Waals surface area (Å²) in [6.07, 6.45) is 20.4. The summed E-state index contributed by atoms with van der Waals surface area (Å²) in [7, 11) is 0. The van der Waals surface area contributed by atoms with E-state index in [1.165, 1.54) is 83.9 Å². The Morgan fingerprint density at radius 1 is 0.575 bits per heavy atom. The van der Waals surface area contributed by atoms with E-state index in [4.69, 9.17) is 9.97 Å². The van der Waals surface area contributed by atoms with Crippen molar-refractivity contribution in [1.29, 1.82) is 0 Å². The molecule has 0 fully saturated rings. The van der Waals surface area contributed by atoms with Crippen molar-refractivity contribution in [1.82, 2.24) is 19.9 Å². The van der Waals surface area contributed by atoms with E-state index >= 15 is 0 Å². The van der Waals surface area contributed by atoms with Gasteiger partial charge in [0.15, 0.2) is 0 Å². The molecule has 0 atom stereocenters. The number of hydrogen-bond donors (Lipinski definition) is 2. The molecule has 3 aromatic heterocycles. The van der Waals surface area contributed by atoms with Gasteiger partial charge < -0.3 is 9.97 Å². The lowest BCUT2D eigenvalue weighted by atomic mass is 9.94. The van der Waals surface area contributed by atoms with Crippen LogP contribution in [0.5, 0.6) is 0 Å². The Labute approximate surface area is 240 Å². The van der Waals surface area contributed by atoms with E-state index in [9.17, 15) is 0 Å². The molecule has 8 bridgehead atoms. The lowest BCUT2D eigenvalue weighted by Gasteiger charge is -2.11. The lowest BCUT2D eigenvalue weighted by Crippen LogP contribution is -1.98. The average Bonchev–Trinajstić information content (AvgIpc) is 3.74. The third-order valence-electron chi connectivity index (χ3n) is 8.16. The van der Waals surface area contributed by atoms with Gasteiger partial charge in [0.05, 0.1) is 22.8 Å². The maximum atomic E-state index is 5.35. The molecule has 3 aromatic rings. The van der Waals surface area contributed by atoms with Crippen LogP contribution in [-0.4, -0.2) is 19.9 Å². The third kappa shape index (κ3) is 6.32. The number of aromatic amines is 2. The van der Waals surface area contributed by atoms with Crippen LogP contribution in [0.2, 0.25) is 0 Å². The van der Waals surface area contributed by atoms with Gasteiger partial charge in [-0.05, 0) is 117 Å². The molecule has 2 N–H and O–H groups in total. The number of nitrogens with one attached hydrogen (secondary N) is 2. The summed E-state index contributed by atoms with van der Waals surface area (Å²) in [5, 5.41) is 0. The summed E-state index contributed by atoms with van der Waals surface area (Å²) >= 11 is 0. The van der Waals surface area contributed by atoms with Gasteiger partial charge in [-0.2, -0.15) is 0 Å². The van der Waals surface area contributed by atoms with E-state index in [2.05, 4.69) is 86.2 Å². The standard InChI is InChI=1S/C36H46N4/c1-5-9-13-25-21-30-23-28-18-17-26(37-28)22-27-19-20-29(38-27)24-34-31(14-10-6-2)32(15-11-7-3)36(40-34)33(16-12-8-4)35(25)39-30/h17-24,37,40H,5-16H2,1-4H3. The number of hydrogen-bond acceptors (Lipinski definition) is 2. The van der Waals surface area contributed by atoms with Crippen LogP contribution in [0, 0.1) is 0 Å². The van der Waals surface area contributed by atoms with Crippen LogP contribution in [0.4, 0.5) is 0 Å². The Balaban J connectivity index is 1.90. The van der Waals surface area contributed by atoms with Crippen LogP contribution in [0.1, 0.15) is 125 Å². The topological polar surface area (TPSA) is 57.4 Å². The molecule has 2 aliphatic rings. The number of fused-ring (bicyclic) bond motifs is 8. The third-order valence-corrected chi connectivity index (χ3v) is 8.16. The molecule has 0 amide bonds. The number of nitrogens with zero attached hydrogens (tertiary/aromatic N) is 2. The highest BCUT2D eigenvalue weighted by Crippen LogP contribution is 2.35. The molecule has 4 heteroatoms. The first-order valence-electron chi connectivity index (χ1n) is 15.8. The first-order valence-corrected chi connectivity index (χ1v) is 15.8. The van der Waals surface area contributed by atoms with Gasteiger partial charge in [-0.25, -0.2) is 9.97 Å². The summed E-state index contributed by atoms with van der Waals surface area (Å²) in [5.74, 6) is 0. The summed E-state index contributed by atoms with van der Waals surface area (Å²) in [6.45, 7) is 9.17. The van der Waals surface area contributed by atoms with Crippen molar-refractivity contribution in [3.63, 3.8) is 0 Å². The molecule has 2 aliphatic heterocycles. The van der Waals surface area contributed by atoms with E-state index in [-0.39, 0.29) is 0 Å². The second-order valence-corrected chi connectivity index (χ2v) is 11.4. The van der Waals surface area contributed by atoms with Gasteiger partial charge in [-0.1, -0.05) is 53.4 Å². The quantitative estimate of drug-likeness (QED) is 0.190. The molecular formula is C36H46N4. The highest BCUT2D eigenvalue weighted by molar-refractivity contribution is 5.88. The van der Waals surface area contributed by atoms with Gasteiger partial charge in [-0.15, -0.1) is 0 Å². The fourth-order valence-electron chi connectivity index (χ4n) is 5.96. The molecule has 210 valence electrons. The summed E-state index contributed by atoms with van der Waals surface area (Å²) in [4.78, 5) is 17.9. The lowest BCUT2D eigenvalue weighted by molar-refractivity contribution is 0.764. The normalized spacial score (nSPS) is 12.8. The van der Waals surface area contributed by atoms with Crippen LogP contribution in [0.15, 0.2) is 30.3 Å². The zero-order chi connectivity index (χ0) is 27.9. The molecule has 4 nitrogen and oxygen atoms in total. The fourth-order valence-corrected chi connectivity index (χ4v) is 5.96. The maximum absolute atomic E-state index is 5.35. The molecule has 0 radical (unpaired) electrons. The number of H-pyrrole nitrogens is 2. The minimum absolute atomic E-state index is 0.977. The average molecular weight is 535 g/mol. The van der Waals surface area contributed by atoms with Gasteiger partial charge in [0.2, 0.25) is 0 Å². The molecule has 0 aliphatic carbocycles. The van der Waals surface area contributed by atoms with Crippen molar-refractivity contribution in [3.8, 4) is 0 Å². The van der Waals surface area contributed by atoms with E-state index in [0.29, 0.717) is 0 Å². The number of aromatic nitrogens is 4. The largest absolute Gasteiger partial charge is 0.355 e. The van der Waals surface area contributed by atoms with Crippen LogP contribution in [0.3, 0.4) is 0 Å². The molecule has 0 saturated carbocycles. The number of rotatable bonds is 12. The Kier molecular flexibility index (Phi) is 9.36. The predicted molar refractivity (Wildman–Crippen MR) is 173 cm³/mol. The van der Waals surface area contributed by atoms with Gasteiger partial charge >= 0.3 is 0 Å². The minimum atomic E-state index is 0.977. The predicted octanol–water partition coefficient (Wildman–Crippen LogP) is 10.2. The van der Waals surface area contributed by atoms with E-state index in [1.54, 1.807) is 0 Å². The molecular weight excluding hydrogens is 488 g/mol. The minimum Gasteiger partial charge on any atom is -0.355 e. The van der Waals surface area contributed by atoms with Crippen molar-refractivity contribution in [2.75, 3.05) is 0 Å². The number of aryl methyl sites for hydroxylation is 3. The Bertz CT molecular complexity index is 1550. The van der Waals surface area contributed by atoms with Gasteiger partial charge in [-0.3, -0.25) is 0 Å². The van der Waals surface area contributed by atoms with Gasteiger partial charge in [0.25, 0.3) is 0 Å². The molecule has 0 unspecified atom stereocenters. The van der Waals surface area contributed by atoms with Crippen molar-refractivity contribution in [2.24, 2.45) is 0 Å². The van der Waals surface area contributed by atoms with E-state index in [1.807, 2.05) is 0 Å². The summed E-state index contributed by atoms with van der Waals surface area (Å²) in [6, 6.07) is 10.9. The van der Waals surface area contributed by atoms with Gasteiger partial charge in [0.1, 0.15) is 0 Å². The number of unbranched alkanes of at least 4 members (excludes halogenated alkanes) is 4. The zero-order valence-electron chi connectivity index (χ0n) is 25.0. The summed E-state index contributed by atoms with van der Waals surface area (Å²) in [5.41, 5.74) is 14.7. The van der Waals surface area contributed by atoms with Crippen molar-refractivity contribution in [2.45, 2.75) is 105 Å².